The molecule has 0 aliphatic rings. The largest absolute Gasteiger partial charge is 0.264 e. The fourth-order valence-corrected chi connectivity index (χ4v) is 1.08. The molecule has 1 aromatic rings. The molecule has 1 aromatic carbocycles. The van der Waals surface area contributed by atoms with E-state index in [2.05, 4.69) is 0 Å². The maximum atomic E-state index is 12.8. The van der Waals surface area contributed by atoms with Gasteiger partial charge in [-0.3, -0.25) is 0 Å². The molecule has 0 atom stereocenters. The summed E-state index contributed by atoms with van der Waals surface area (Å²) in [7, 11) is 0. The molecule has 0 radical (unpaired) electrons. The van der Waals surface area contributed by atoms with Crippen LogP contribution in [0, 0.1) is 19.7 Å². The first kappa shape index (κ1) is 9.10. The molecule has 0 amide bonds. The minimum absolute atomic E-state index is 0.224. The topological polar surface area (TPSA) is 0 Å². The van der Waals surface area contributed by atoms with Crippen LogP contribution in [0.2, 0.25) is 0 Å². The van der Waals surface area contributed by atoms with Gasteiger partial charge in [0, 0.05) is 5.56 Å². The Kier molecular flexibility index (Phi) is 2.40. The van der Waals surface area contributed by atoms with Crippen molar-refractivity contribution >= 4 is 0 Å². The Morgan fingerprint density at radius 1 is 1.08 bits per heavy atom. The third-order valence-corrected chi connectivity index (χ3v) is 1.78. The molecule has 0 saturated heterocycles. The van der Waals surface area contributed by atoms with Crippen molar-refractivity contribution in [2.75, 3.05) is 0 Å². The molecule has 0 nitrogen and oxygen atoms in total. The van der Waals surface area contributed by atoms with E-state index in [0.29, 0.717) is 11.1 Å². The Balaban J connectivity index is 3.23. The molecule has 0 unspecified atom stereocenters. The van der Waals surface area contributed by atoms with Gasteiger partial charge in [-0.25, -0.2) is 13.2 Å². The van der Waals surface area contributed by atoms with Crippen LogP contribution < -0.4 is 0 Å². The molecule has 0 fully saturated rings. The van der Waals surface area contributed by atoms with Crippen LogP contribution in [0.3, 0.4) is 0 Å². The van der Waals surface area contributed by atoms with E-state index < -0.39 is 12.2 Å². The van der Waals surface area contributed by atoms with Crippen molar-refractivity contribution in [3.8, 4) is 0 Å². The Hall–Kier alpha value is -0.990. The highest BCUT2D eigenvalue weighted by Crippen LogP contribution is 2.24. The van der Waals surface area contributed by atoms with Crippen molar-refractivity contribution in [1.82, 2.24) is 0 Å². The molecule has 12 heavy (non-hydrogen) atoms. The van der Waals surface area contributed by atoms with Gasteiger partial charge in [0.25, 0.3) is 6.43 Å². The first-order valence-electron chi connectivity index (χ1n) is 3.57. The molecule has 1 rings (SSSR count). The summed E-state index contributed by atoms with van der Waals surface area (Å²) < 4.78 is 37.1. The second-order valence-corrected chi connectivity index (χ2v) is 2.76. The van der Waals surface area contributed by atoms with Crippen molar-refractivity contribution in [1.29, 1.82) is 0 Å². The zero-order chi connectivity index (χ0) is 9.30. The second kappa shape index (κ2) is 3.17. The lowest BCUT2D eigenvalue weighted by atomic mass is 10.1. The van der Waals surface area contributed by atoms with Crippen molar-refractivity contribution in [2.24, 2.45) is 0 Å². The van der Waals surface area contributed by atoms with E-state index >= 15 is 0 Å². The van der Waals surface area contributed by atoms with Gasteiger partial charge in [0.15, 0.2) is 0 Å². The Morgan fingerprint density at radius 3 is 2.17 bits per heavy atom. The molecule has 0 aliphatic carbocycles. The number of halogens is 3. The molecule has 0 N–H and O–H groups in total. The normalized spacial score (nSPS) is 10.8. The number of aryl methyl sites for hydroxylation is 2. The molecular weight excluding hydrogens is 165 g/mol. The van der Waals surface area contributed by atoms with Crippen molar-refractivity contribution in [2.45, 2.75) is 20.3 Å². The maximum absolute atomic E-state index is 12.8. The van der Waals surface area contributed by atoms with E-state index in [1.807, 2.05) is 0 Å². The fourth-order valence-electron chi connectivity index (χ4n) is 1.08. The highest BCUT2D eigenvalue weighted by molar-refractivity contribution is 5.32. The monoisotopic (exact) mass is 174 g/mol. The van der Waals surface area contributed by atoms with Gasteiger partial charge in [-0.05, 0) is 31.0 Å². The summed E-state index contributed by atoms with van der Waals surface area (Å²) >= 11 is 0. The van der Waals surface area contributed by atoms with Crippen molar-refractivity contribution in [3.05, 3.63) is 34.6 Å². The second-order valence-electron chi connectivity index (χ2n) is 2.76. The summed E-state index contributed by atoms with van der Waals surface area (Å²) in [6.45, 7) is 3.10. The van der Waals surface area contributed by atoms with Crippen LogP contribution >= 0.6 is 0 Å². The molecule has 0 spiro atoms. The summed E-state index contributed by atoms with van der Waals surface area (Å²) in [5, 5.41) is 0. The molecular formula is C9H9F3. The molecule has 0 bridgehead atoms. The summed E-state index contributed by atoms with van der Waals surface area (Å²) in [5.74, 6) is -0.573. The number of hydrogen-bond acceptors (Lipinski definition) is 0. The number of rotatable bonds is 1. The van der Waals surface area contributed by atoms with Gasteiger partial charge < -0.3 is 0 Å². The quantitative estimate of drug-likeness (QED) is 0.612. The van der Waals surface area contributed by atoms with Crippen LogP contribution in [0.4, 0.5) is 13.2 Å². The van der Waals surface area contributed by atoms with E-state index in [1.165, 1.54) is 6.07 Å². The predicted octanol–water partition coefficient (Wildman–Crippen LogP) is 3.38. The van der Waals surface area contributed by atoms with Gasteiger partial charge in [0.1, 0.15) is 5.82 Å². The molecule has 0 saturated carbocycles. The highest BCUT2D eigenvalue weighted by Gasteiger charge is 2.12. The fraction of sp³-hybridized carbons (Fsp3) is 0.333. The van der Waals surface area contributed by atoms with E-state index in [1.54, 1.807) is 13.8 Å². The van der Waals surface area contributed by atoms with Gasteiger partial charge in [0.05, 0.1) is 0 Å². The number of benzene rings is 1. The number of alkyl halides is 2. The van der Waals surface area contributed by atoms with Crippen LogP contribution in [0.1, 0.15) is 23.1 Å². The van der Waals surface area contributed by atoms with E-state index in [0.717, 1.165) is 6.07 Å². The highest BCUT2D eigenvalue weighted by atomic mass is 19.3. The van der Waals surface area contributed by atoms with Crippen LogP contribution in [0.15, 0.2) is 12.1 Å². The van der Waals surface area contributed by atoms with Crippen LogP contribution in [0.5, 0.6) is 0 Å². The van der Waals surface area contributed by atoms with Crippen LogP contribution in [-0.2, 0) is 0 Å². The molecule has 0 aliphatic heterocycles. The van der Waals surface area contributed by atoms with E-state index in [9.17, 15) is 13.2 Å². The Morgan fingerprint density at radius 2 is 1.67 bits per heavy atom. The molecule has 0 heterocycles. The van der Waals surface area contributed by atoms with Gasteiger partial charge in [-0.15, -0.1) is 0 Å². The lowest BCUT2D eigenvalue weighted by molar-refractivity contribution is 0.150. The zero-order valence-corrected chi connectivity index (χ0v) is 6.87. The first-order valence-corrected chi connectivity index (χ1v) is 3.57. The van der Waals surface area contributed by atoms with E-state index in [-0.39, 0.29) is 5.56 Å². The van der Waals surface area contributed by atoms with Gasteiger partial charge in [-0.2, -0.15) is 0 Å². The third-order valence-electron chi connectivity index (χ3n) is 1.78. The zero-order valence-electron chi connectivity index (χ0n) is 6.87. The summed E-state index contributed by atoms with van der Waals surface area (Å²) in [6.07, 6.45) is -2.60. The van der Waals surface area contributed by atoms with E-state index in [4.69, 9.17) is 0 Å². The van der Waals surface area contributed by atoms with Gasteiger partial charge >= 0.3 is 0 Å². The molecule has 3 heteroatoms. The summed E-state index contributed by atoms with van der Waals surface area (Å²) in [5.41, 5.74) is 0.610. The lowest BCUT2D eigenvalue weighted by Gasteiger charge is -2.06. The Bertz CT molecular complexity index is 292. The standard InChI is InChI=1S/C9H9F3/c1-5-3-6(2)8(10)4-7(5)9(11)12/h3-4,9H,1-2H3. The van der Waals surface area contributed by atoms with Crippen LogP contribution in [0.25, 0.3) is 0 Å². The van der Waals surface area contributed by atoms with Crippen molar-refractivity contribution in [3.63, 3.8) is 0 Å². The minimum atomic E-state index is -2.60. The first-order chi connectivity index (χ1) is 5.52. The predicted molar refractivity (Wildman–Crippen MR) is 40.8 cm³/mol. The van der Waals surface area contributed by atoms with Gasteiger partial charge in [0.2, 0.25) is 0 Å². The van der Waals surface area contributed by atoms with Crippen molar-refractivity contribution < 1.29 is 13.2 Å². The average Bonchev–Trinajstić information content (AvgIpc) is 1.96. The molecule has 66 valence electrons. The minimum Gasteiger partial charge on any atom is -0.207 e. The van der Waals surface area contributed by atoms with Crippen LogP contribution in [-0.4, -0.2) is 0 Å². The lowest BCUT2D eigenvalue weighted by Crippen LogP contribution is -1.93. The average molecular weight is 174 g/mol. The Labute approximate surface area is 69.0 Å². The SMILES string of the molecule is Cc1cc(C)c(C(F)F)cc1F. The number of hydrogen-bond donors (Lipinski definition) is 0. The summed E-state index contributed by atoms with van der Waals surface area (Å²) in [6, 6.07) is 2.33. The smallest absolute Gasteiger partial charge is 0.207 e. The summed E-state index contributed by atoms with van der Waals surface area (Å²) in [4.78, 5) is 0. The van der Waals surface area contributed by atoms with Gasteiger partial charge in [-0.1, -0.05) is 6.07 Å². The molecule has 0 aromatic heterocycles. The third kappa shape index (κ3) is 1.60. The maximum Gasteiger partial charge on any atom is 0.264 e.